The van der Waals surface area contributed by atoms with E-state index in [1.807, 2.05) is 0 Å². The van der Waals surface area contributed by atoms with Gasteiger partial charge in [-0.1, -0.05) is 12.2 Å². The predicted molar refractivity (Wildman–Crippen MR) is 47.6 cm³/mol. The lowest BCUT2D eigenvalue weighted by Crippen LogP contribution is -2.45. The minimum atomic E-state index is 0.543. The van der Waals surface area contributed by atoms with Gasteiger partial charge in [0.1, 0.15) is 0 Å². The van der Waals surface area contributed by atoms with Gasteiger partial charge in [-0.15, -0.1) is 0 Å². The van der Waals surface area contributed by atoms with Crippen molar-refractivity contribution >= 4 is 0 Å². The maximum Gasteiger partial charge on any atom is 0.0195 e. The normalized spacial score (nSPS) is 39.2. The molecule has 62 valence electrons. The van der Waals surface area contributed by atoms with Crippen LogP contribution < -0.4 is 0 Å². The van der Waals surface area contributed by atoms with Crippen molar-refractivity contribution < 1.29 is 0 Å². The van der Waals surface area contributed by atoms with Crippen LogP contribution in [0.1, 0.15) is 32.6 Å². The molecular weight excluding hydrogens is 134 g/mol. The SMILES string of the molecule is C=C1CC[C@]2(C)CCCN2C1. The van der Waals surface area contributed by atoms with Crippen LogP contribution in [0.15, 0.2) is 12.2 Å². The second-order valence-electron chi connectivity index (χ2n) is 4.27. The van der Waals surface area contributed by atoms with E-state index in [2.05, 4.69) is 18.4 Å². The lowest BCUT2D eigenvalue weighted by Gasteiger charge is -2.40. The number of hydrogen-bond acceptors (Lipinski definition) is 1. The van der Waals surface area contributed by atoms with Gasteiger partial charge in [-0.3, -0.25) is 4.90 Å². The first-order valence-corrected chi connectivity index (χ1v) is 4.62. The van der Waals surface area contributed by atoms with E-state index >= 15 is 0 Å². The highest BCUT2D eigenvalue weighted by atomic mass is 15.2. The van der Waals surface area contributed by atoms with E-state index in [4.69, 9.17) is 0 Å². The number of hydrogen-bond donors (Lipinski definition) is 0. The molecule has 0 saturated carbocycles. The zero-order chi connectivity index (χ0) is 7.90. The summed E-state index contributed by atoms with van der Waals surface area (Å²) < 4.78 is 0. The van der Waals surface area contributed by atoms with Gasteiger partial charge in [-0.05, 0) is 39.2 Å². The Labute approximate surface area is 69.1 Å². The Hall–Kier alpha value is -0.300. The van der Waals surface area contributed by atoms with Crippen LogP contribution in [-0.4, -0.2) is 23.5 Å². The van der Waals surface area contributed by atoms with Crippen LogP contribution in [0.5, 0.6) is 0 Å². The quantitative estimate of drug-likeness (QED) is 0.480. The van der Waals surface area contributed by atoms with Gasteiger partial charge in [0.15, 0.2) is 0 Å². The van der Waals surface area contributed by atoms with Gasteiger partial charge in [0.2, 0.25) is 0 Å². The number of fused-ring (bicyclic) bond motifs is 1. The van der Waals surface area contributed by atoms with E-state index in [9.17, 15) is 0 Å². The molecule has 0 radical (unpaired) electrons. The summed E-state index contributed by atoms with van der Waals surface area (Å²) in [5, 5.41) is 0. The van der Waals surface area contributed by atoms with Gasteiger partial charge in [0, 0.05) is 12.1 Å². The Morgan fingerprint density at radius 2 is 2.27 bits per heavy atom. The van der Waals surface area contributed by atoms with Crippen LogP contribution in [0.3, 0.4) is 0 Å². The van der Waals surface area contributed by atoms with Crippen molar-refractivity contribution in [2.45, 2.75) is 38.1 Å². The fraction of sp³-hybridized carbons (Fsp3) is 0.800. The standard InChI is InChI=1S/C10H17N/c1-9-4-6-10(2)5-3-7-11(10)8-9/h1,3-8H2,2H3/t10-/m0/s1. The van der Waals surface area contributed by atoms with E-state index < -0.39 is 0 Å². The number of nitrogens with zero attached hydrogens (tertiary/aromatic N) is 1. The van der Waals surface area contributed by atoms with Gasteiger partial charge in [0.25, 0.3) is 0 Å². The fourth-order valence-electron chi connectivity index (χ4n) is 2.43. The Kier molecular flexibility index (Phi) is 1.57. The van der Waals surface area contributed by atoms with E-state index in [-0.39, 0.29) is 0 Å². The van der Waals surface area contributed by atoms with Crippen molar-refractivity contribution in [3.63, 3.8) is 0 Å². The van der Waals surface area contributed by atoms with E-state index in [0.717, 1.165) is 6.54 Å². The highest BCUT2D eigenvalue weighted by Crippen LogP contribution is 2.37. The Balaban J connectivity index is 2.14. The molecule has 1 heteroatoms. The largest absolute Gasteiger partial charge is 0.294 e. The van der Waals surface area contributed by atoms with Crippen molar-refractivity contribution in [1.29, 1.82) is 0 Å². The Bertz CT molecular complexity index is 185. The summed E-state index contributed by atoms with van der Waals surface area (Å²) in [6, 6.07) is 0. The van der Waals surface area contributed by atoms with Crippen molar-refractivity contribution in [1.82, 2.24) is 4.90 Å². The summed E-state index contributed by atoms with van der Waals surface area (Å²) in [4.78, 5) is 2.61. The zero-order valence-corrected chi connectivity index (χ0v) is 7.40. The summed E-state index contributed by atoms with van der Waals surface area (Å²) in [7, 11) is 0. The highest BCUT2D eigenvalue weighted by molar-refractivity contribution is 5.09. The Morgan fingerprint density at radius 3 is 3.09 bits per heavy atom. The third-order valence-electron chi connectivity index (χ3n) is 3.34. The monoisotopic (exact) mass is 151 g/mol. The minimum absolute atomic E-state index is 0.543. The van der Waals surface area contributed by atoms with Crippen molar-refractivity contribution in [2.75, 3.05) is 13.1 Å². The lowest BCUT2D eigenvalue weighted by molar-refractivity contribution is 0.135. The van der Waals surface area contributed by atoms with E-state index in [1.165, 1.54) is 37.8 Å². The summed E-state index contributed by atoms with van der Waals surface area (Å²) >= 11 is 0. The summed E-state index contributed by atoms with van der Waals surface area (Å²) in [6.45, 7) is 8.94. The molecule has 0 N–H and O–H groups in total. The Morgan fingerprint density at radius 1 is 1.45 bits per heavy atom. The summed E-state index contributed by atoms with van der Waals surface area (Å²) in [5.41, 5.74) is 1.98. The molecule has 0 aromatic carbocycles. The second kappa shape index (κ2) is 2.34. The van der Waals surface area contributed by atoms with Crippen LogP contribution >= 0.6 is 0 Å². The molecule has 2 fully saturated rings. The number of piperidine rings is 1. The molecule has 11 heavy (non-hydrogen) atoms. The molecule has 2 aliphatic heterocycles. The molecule has 2 saturated heterocycles. The second-order valence-corrected chi connectivity index (χ2v) is 4.27. The van der Waals surface area contributed by atoms with Crippen LogP contribution in [0.4, 0.5) is 0 Å². The molecule has 0 bridgehead atoms. The highest BCUT2D eigenvalue weighted by Gasteiger charge is 2.38. The molecule has 2 rings (SSSR count). The van der Waals surface area contributed by atoms with Gasteiger partial charge >= 0.3 is 0 Å². The molecule has 0 amide bonds. The van der Waals surface area contributed by atoms with E-state index in [1.54, 1.807) is 0 Å². The molecule has 0 spiro atoms. The van der Waals surface area contributed by atoms with Gasteiger partial charge in [-0.25, -0.2) is 0 Å². The molecule has 0 aliphatic carbocycles. The molecule has 1 atom stereocenters. The van der Waals surface area contributed by atoms with Gasteiger partial charge < -0.3 is 0 Å². The first-order valence-electron chi connectivity index (χ1n) is 4.62. The molecule has 2 heterocycles. The summed E-state index contributed by atoms with van der Waals surface area (Å²) in [5.74, 6) is 0. The van der Waals surface area contributed by atoms with Gasteiger partial charge in [-0.2, -0.15) is 0 Å². The predicted octanol–water partition coefficient (Wildman–Crippen LogP) is 2.19. The molecule has 0 aromatic heterocycles. The van der Waals surface area contributed by atoms with Crippen LogP contribution in [0.25, 0.3) is 0 Å². The maximum atomic E-state index is 4.06. The zero-order valence-electron chi connectivity index (χ0n) is 7.40. The molecular formula is C10H17N. The van der Waals surface area contributed by atoms with Gasteiger partial charge in [0.05, 0.1) is 0 Å². The topological polar surface area (TPSA) is 3.24 Å². The van der Waals surface area contributed by atoms with E-state index in [0.29, 0.717) is 5.54 Å². The lowest BCUT2D eigenvalue weighted by atomic mass is 9.87. The van der Waals surface area contributed by atoms with Crippen molar-refractivity contribution in [2.24, 2.45) is 0 Å². The van der Waals surface area contributed by atoms with Crippen LogP contribution in [-0.2, 0) is 0 Å². The average molecular weight is 151 g/mol. The third-order valence-corrected chi connectivity index (χ3v) is 3.34. The smallest absolute Gasteiger partial charge is 0.0195 e. The third kappa shape index (κ3) is 1.12. The molecule has 0 unspecified atom stereocenters. The van der Waals surface area contributed by atoms with Crippen molar-refractivity contribution in [3.05, 3.63) is 12.2 Å². The van der Waals surface area contributed by atoms with Crippen molar-refractivity contribution in [3.8, 4) is 0 Å². The maximum absolute atomic E-state index is 4.06. The molecule has 0 aromatic rings. The number of rotatable bonds is 0. The average Bonchev–Trinajstić information content (AvgIpc) is 2.31. The first kappa shape index (κ1) is 7.35. The molecule has 2 aliphatic rings. The fourth-order valence-corrected chi connectivity index (χ4v) is 2.43. The minimum Gasteiger partial charge on any atom is -0.294 e. The van der Waals surface area contributed by atoms with Crippen LogP contribution in [0.2, 0.25) is 0 Å². The molecule has 1 nitrogen and oxygen atoms in total. The van der Waals surface area contributed by atoms with Crippen LogP contribution in [0, 0.1) is 0 Å². The summed E-state index contributed by atoms with van der Waals surface area (Å²) in [6.07, 6.45) is 5.39. The first-order chi connectivity index (χ1) is 5.21.